The van der Waals surface area contributed by atoms with Gasteiger partial charge in [0.25, 0.3) is 5.91 Å². The summed E-state index contributed by atoms with van der Waals surface area (Å²) in [5.41, 5.74) is 0.487. The molecule has 0 bridgehead atoms. The van der Waals surface area contributed by atoms with Crippen LogP contribution in [0.2, 0.25) is 5.02 Å². The zero-order valence-electron chi connectivity index (χ0n) is 9.40. The maximum absolute atomic E-state index is 11.8. The van der Waals surface area contributed by atoms with Crippen LogP contribution in [0, 0.1) is 0 Å². The van der Waals surface area contributed by atoms with Crippen molar-refractivity contribution in [2.24, 2.45) is 0 Å². The molecule has 1 saturated carbocycles. The highest BCUT2D eigenvalue weighted by Crippen LogP contribution is 2.37. The number of esters is 1. The summed E-state index contributed by atoms with van der Waals surface area (Å²) < 4.78 is 6.30. The first kappa shape index (κ1) is 12.0. The third-order valence-corrected chi connectivity index (χ3v) is 2.82. The number of halogens is 1. The van der Waals surface area contributed by atoms with Gasteiger partial charge in [-0.25, -0.2) is 0 Å². The molecule has 1 aliphatic carbocycles. The summed E-state index contributed by atoms with van der Waals surface area (Å²) in [6, 6.07) is 1.97. The van der Waals surface area contributed by atoms with Crippen LogP contribution < -0.4 is 5.32 Å². The van der Waals surface area contributed by atoms with Crippen LogP contribution >= 0.6 is 11.6 Å². The second-order valence-electron chi connectivity index (χ2n) is 3.94. The fraction of sp³-hybridized carbons (Fsp3) is 0.455. The highest BCUT2D eigenvalue weighted by atomic mass is 35.5. The van der Waals surface area contributed by atoms with Crippen LogP contribution in [0.15, 0.2) is 12.3 Å². The maximum atomic E-state index is 11.8. The van der Waals surface area contributed by atoms with Crippen LogP contribution in [-0.4, -0.2) is 30.1 Å². The molecule has 1 aromatic heterocycles. The van der Waals surface area contributed by atoms with E-state index in [1.54, 1.807) is 12.3 Å². The molecule has 1 fully saturated rings. The Hall–Kier alpha value is -1.49. The molecule has 0 spiro atoms. The molecule has 0 atom stereocenters. The van der Waals surface area contributed by atoms with Gasteiger partial charge >= 0.3 is 5.97 Å². The highest BCUT2D eigenvalue weighted by molar-refractivity contribution is 6.31. The van der Waals surface area contributed by atoms with Crippen molar-refractivity contribution in [2.75, 3.05) is 13.7 Å². The Bertz CT molecular complexity index is 452. The van der Waals surface area contributed by atoms with E-state index in [9.17, 15) is 9.59 Å². The van der Waals surface area contributed by atoms with E-state index in [1.807, 2.05) is 4.57 Å². The van der Waals surface area contributed by atoms with Crippen LogP contribution in [0.25, 0.3) is 0 Å². The first-order valence-electron chi connectivity index (χ1n) is 5.34. The minimum Gasteiger partial charge on any atom is -0.468 e. The Balaban J connectivity index is 2.05. The smallest absolute Gasteiger partial charge is 0.325 e. The Morgan fingerprint density at radius 1 is 1.59 bits per heavy atom. The van der Waals surface area contributed by atoms with Gasteiger partial charge in [0, 0.05) is 12.2 Å². The quantitative estimate of drug-likeness (QED) is 0.828. The number of nitrogens with zero attached hydrogens (tertiary/aromatic N) is 1. The van der Waals surface area contributed by atoms with E-state index >= 15 is 0 Å². The first-order valence-corrected chi connectivity index (χ1v) is 5.72. The molecule has 1 N–H and O–H groups in total. The van der Waals surface area contributed by atoms with Crippen LogP contribution in [0.1, 0.15) is 29.4 Å². The lowest BCUT2D eigenvalue weighted by atomic mass is 10.4. The molecule has 6 heteroatoms. The van der Waals surface area contributed by atoms with Crippen molar-refractivity contribution >= 4 is 23.5 Å². The summed E-state index contributed by atoms with van der Waals surface area (Å²) in [7, 11) is 1.28. The summed E-state index contributed by atoms with van der Waals surface area (Å²) in [5.74, 6) is -0.789. The first-order chi connectivity index (χ1) is 8.11. The van der Waals surface area contributed by atoms with Crippen molar-refractivity contribution in [3.05, 3.63) is 23.0 Å². The lowest BCUT2D eigenvalue weighted by Crippen LogP contribution is -2.31. The number of hydrogen-bond donors (Lipinski definition) is 1. The topological polar surface area (TPSA) is 60.3 Å². The van der Waals surface area contributed by atoms with Gasteiger partial charge in [0.15, 0.2) is 0 Å². The number of aromatic nitrogens is 1. The third-order valence-electron chi connectivity index (χ3n) is 2.61. The average Bonchev–Trinajstić information content (AvgIpc) is 3.09. The van der Waals surface area contributed by atoms with Gasteiger partial charge < -0.3 is 14.6 Å². The SMILES string of the molecule is COC(=O)CNC(=O)c1cc(Cl)cn1C1CC1. The molecule has 1 aromatic rings. The van der Waals surface area contributed by atoms with Gasteiger partial charge in [-0.3, -0.25) is 9.59 Å². The zero-order valence-corrected chi connectivity index (χ0v) is 10.2. The normalized spacial score (nSPS) is 14.5. The third kappa shape index (κ3) is 2.79. The van der Waals surface area contributed by atoms with Crippen LogP contribution in [0.4, 0.5) is 0 Å². The van der Waals surface area contributed by atoms with Crippen molar-refractivity contribution < 1.29 is 14.3 Å². The van der Waals surface area contributed by atoms with Gasteiger partial charge in [-0.2, -0.15) is 0 Å². The number of amides is 1. The number of methoxy groups -OCH3 is 1. The number of rotatable bonds is 4. The molecule has 2 rings (SSSR count). The molecular formula is C11H13ClN2O3. The van der Waals surface area contributed by atoms with Gasteiger partial charge in [-0.05, 0) is 18.9 Å². The second-order valence-corrected chi connectivity index (χ2v) is 4.38. The predicted octanol–water partition coefficient (Wildman–Crippen LogP) is 1.38. The summed E-state index contributed by atoms with van der Waals surface area (Å²) in [4.78, 5) is 22.7. The van der Waals surface area contributed by atoms with Gasteiger partial charge in [0.05, 0.1) is 12.1 Å². The zero-order chi connectivity index (χ0) is 12.4. The van der Waals surface area contributed by atoms with Crippen LogP contribution in [0.5, 0.6) is 0 Å². The van der Waals surface area contributed by atoms with Crippen molar-refractivity contribution in [3.8, 4) is 0 Å². The average molecular weight is 257 g/mol. The number of hydrogen-bond acceptors (Lipinski definition) is 3. The molecule has 0 saturated heterocycles. The van der Waals surface area contributed by atoms with Crippen molar-refractivity contribution in [1.29, 1.82) is 0 Å². The standard InChI is InChI=1S/C11H13ClN2O3/c1-17-10(15)5-13-11(16)9-4-7(12)6-14(9)8-2-3-8/h4,6,8H,2-3,5H2,1H3,(H,13,16). The lowest BCUT2D eigenvalue weighted by Gasteiger charge is -2.07. The minimum absolute atomic E-state index is 0.136. The van der Waals surface area contributed by atoms with Gasteiger partial charge in [0.2, 0.25) is 0 Å². The molecule has 0 aromatic carbocycles. The molecule has 5 nitrogen and oxygen atoms in total. The molecule has 1 amide bonds. The lowest BCUT2D eigenvalue weighted by molar-refractivity contribution is -0.139. The van der Waals surface area contributed by atoms with Crippen LogP contribution in [0.3, 0.4) is 0 Å². The van der Waals surface area contributed by atoms with E-state index in [0.29, 0.717) is 16.8 Å². The van der Waals surface area contributed by atoms with Crippen molar-refractivity contribution in [2.45, 2.75) is 18.9 Å². The number of nitrogens with one attached hydrogen (secondary N) is 1. The fourth-order valence-corrected chi connectivity index (χ4v) is 1.81. The minimum atomic E-state index is -0.478. The summed E-state index contributed by atoms with van der Waals surface area (Å²) in [6.07, 6.45) is 3.86. The van der Waals surface area contributed by atoms with E-state index in [2.05, 4.69) is 10.1 Å². The molecule has 17 heavy (non-hydrogen) atoms. The summed E-state index contributed by atoms with van der Waals surface area (Å²) in [6.45, 7) is -0.136. The molecular weight excluding hydrogens is 244 g/mol. The van der Waals surface area contributed by atoms with E-state index in [0.717, 1.165) is 12.8 Å². The molecule has 92 valence electrons. The Kier molecular flexibility index (Phi) is 3.38. The summed E-state index contributed by atoms with van der Waals surface area (Å²) >= 11 is 5.88. The number of ether oxygens (including phenoxy) is 1. The largest absolute Gasteiger partial charge is 0.468 e. The van der Waals surface area contributed by atoms with Crippen molar-refractivity contribution in [1.82, 2.24) is 9.88 Å². The number of carbonyl (C=O) groups is 2. The molecule has 0 unspecified atom stereocenters. The van der Waals surface area contributed by atoms with E-state index in [4.69, 9.17) is 11.6 Å². The molecule has 1 aliphatic rings. The van der Waals surface area contributed by atoms with E-state index in [-0.39, 0.29) is 12.5 Å². The number of carbonyl (C=O) groups excluding carboxylic acids is 2. The molecule has 1 heterocycles. The predicted molar refractivity (Wildman–Crippen MR) is 62.1 cm³/mol. The summed E-state index contributed by atoms with van der Waals surface area (Å²) in [5, 5.41) is 3.02. The Morgan fingerprint density at radius 3 is 2.88 bits per heavy atom. The van der Waals surface area contributed by atoms with Gasteiger partial charge in [0.1, 0.15) is 12.2 Å². The fourth-order valence-electron chi connectivity index (χ4n) is 1.60. The van der Waals surface area contributed by atoms with Crippen molar-refractivity contribution in [3.63, 3.8) is 0 Å². The highest BCUT2D eigenvalue weighted by Gasteiger charge is 2.27. The van der Waals surface area contributed by atoms with Gasteiger partial charge in [-0.1, -0.05) is 11.6 Å². The van der Waals surface area contributed by atoms with E-state index in [1.165, 1.54) is 7.11 Å². The van der Waals surface area contributed by atoms with Crippen LogP contribution in [-0.2, 0) is 9.53 Å². The van der Waals surface area contributed by atoms with E-state index < -0.39 is 5.97 Å². The monoisotopic (exact) mass is 256 g/mol. The molecule has 0 radical (unpaired) electrons. The van der Waals surface area contributed by atoms with Gasteiger partial charge in [-0.15, -0.1) is 0 Å². The second kappa shape index (κ2) is 4.79. The Morgan fingerprint density at radius 2 is 2.29 bits per heavy atom. The maximum Gasteiger partial charge on any atom is 0.325 e. The Labute approximate surface area is 104 Å². The molecule has 0 aliphatic heterocycles.